The summed E-state index contributed by atoms with van der Waals surface area (Å²) in [6.07, 6.45) is 7.10. The number of urea groups is 1. The number of unbranched alkanes of at least 4 members (excludes halogenated alkanes) is 1. The van der Waals surface area contributed by atoms with Gasteiger partial charge in [0.2, 0.25) is 5.91 Å². The minimum absolute atomic E-state index is 0.233. The number of imide groups is 1. The van der Waals surface area contributed by atoms with E-state index in [-0.39, 0.29) is 18.4 Å². The second-order valence-electron chi connectivity index (χ2n) is 8.82. The number of benzene rings is 1. The number of amides is 4. The molecule has 1 aliphatic heterocycles. The Kier molecular flexibility index (Phi) is 6.03. The highest BCUT2D eigenvalue weighted by Crippen LogP contribution is 2.34. The van der Waals surface area contributed by atoms with Gasteiger partial charge >= 0.3 is 6.03 Å². The number of carbonyl (C=O) groups excluding carboxylic acids is 3. The average molecular weight is 426 g/mol. The minimum Gasteiger partial charge on any atom is -0.461 e. The van der Waals surface area contributed by atoms with E-state index in [0.29, 0.717) is 19.4 Å². The first-order valence-corrected chi connectivity index (χ1v) is 11.3. The van der Waals surface area contributed by atoms with Crippen molar-refractivity contribution in [3.05, 3.63) is 35.6 Å². The topological polar surface area (TPSA) is 82.9 Å². The van der Waals surface area contributed by atoms with Gasteiger partial charge in [-0.15, -0.1) is 0 Å². The van der Waals surface area contributed by atoms with Gasteiger partial charge in [0.05, 0.1) is 0 Å². The van der Waals surface area contributed by atoms with E-state index in [1.54, 1.807) is 11.9 Å². The normalized spacial score (nSPS) is 18.1. The maximum Gasteiger partial charge on any atom is 0.325 e. The second-order valence-corrected chi connectivity index (χ2v) is 8.82. The zero-order valence-corrected chi connectivity index (χ0v) is 18.4. The van der Waals surface area contributed by atoms with Crippen LogP contribution >= 0.6 is 0 Å². The zero-order valence-electron chi connectivity index (χ0n) is 18.4. The van der Waals surface area contributed by atoms with Crippen LogP contribution in [0.4, 0.5) is 4.79 Å². The molecule has 7 nitrogen and oxygen atoms in total. The summed E-state index contributed by atoms with van der Waals surface area (Å²) >= 11 is 0. The van der Waals surface area contributed by atoms with Crippen molar-refractivity contribution in [3.8, 4) is 0 Å². The molecule has 2 heterocycles. The van der Waals surface area contributed by atoms with E-state index in [0.717, 1.165) is 65.7 Å². The van der Waals surface area contributed by atoms with Crippen LogP contribution in [0.5, 0.6) is 0 Å². The Bertz CT molecular complexity index is 990. The Balaban J connectivity index is 1.48. The van der Waals surface area contributed by atoms with E-state index in [4.69, 9.17) is 4.42 Å². The number of rotatable bonds is 7. The molecule has 2 fully saturated rings. The Morgan fingerprint density at radius 3 is 2.68 bits per heavy atom. The van der Waals surface area contributed by atoms with Crippen LogP contribution < -0.4 is 5.32 Å². The molecule has 0 unspecified atom stereocenters. The van der Waals surface area contributed by atoms with Crippen LogP contribution in [0.25, 0.3) is 11.0 Å². The first kappa shape index (κ1) is 21.4. The van der Waals surface area contributed by atoms with Gasteiger partial charge in [-0.3, -0.25) is 14.5 Å². The maximum absolute atomic E-state index is 13.0. The lowest BCUT2D eigenvalue weighted by Crippen LogP contribution is -2.49. The highest BCUT2D eigenvalue weighted by atomic mass is 16.3. The maximum atomic E-state index is 13.0. The molecule has 1 aliphatic carbocycles. The van der Waals surface area contributed by atoms with Crippen molar-refractivity contribution in [1.82, 2.24) is 15.1 Å². The molecule has 1 saturated carbocycles. The lowest BCUT2D eigenvalue weighted by atomic mass is 9.82. The molecule has 4 rings (SSSR count). The number of nitrogens with one attached hydrogen (secondary N) is 1. The van der Waals surface area contributed by atoms with Crippen molar-refractivity contribution in [3.63, 3.8) is 0 Å². The van der Waals surface area contributed by atoms with Gasteiger partial charge in [-0.2, -0.15) is 0 Å². The van der Waals surface area contributed by atoms with Crippen LogP contribution in [-0.2, 0) is 22.6 Å². The van der Waals surface area contributed by atoms with E-state index in [9.17, 15) is 14.4 Å². The lowest BCUT2D eigenvalue weighted by Gasteiger charge is -2.30. The van der Waals surface area contributed by atoms with Crippen LogP contribution in [-0.4, -0.2) is 46.8 Å². The van der Waals surface area contributed by atoms with E-state index >= 15 is 0 Å². The van der Waals surface area contributed by atoms with Crippen LogP contribution in [0.3, 0.4) is 0 Å². The Labute approximate surface area is 182 Å². The summed E-state index contributed by atoms with van der Waals surface area (Å²) in [6, 6.07) is 7.39. The van der Waals surface area contributed by atoms with Gasteiger partial charge in [0.25, 0.3) is 5.91 Å². The van der Waals surface area contributed by atoms with E-state index in [2.05, 4.69) is 12.2 Å². The molecule has 1 N–H and O–H groups in total. The number of carbonyl (C=O) groups is 3. The molecule has 1 aromatic carbocycles. The molecule has 0 radical (unpaired) electrons. The highest BCUT2D eigenvalue weighted by molar-refractivity contribution is 6.09. The molecular weight excluding hydrogens is 394 g/mol. The molecule has 1 aromatic heterocycles. The molecule has 7 heteroatoms. The third-order valence-electron chi connectivity index (χ3n) is 6.61. The summed E-state index contributed by atoms with van der Waals surface area (Å²) < 4.78 is 6.06. The fourth-order valence-corrected chi connectivity index (χ4v) is 4.76. The van der Waals surface area contributed by atoms with Gasteiger partial charge in [-0.1, -0.05) is 50.8 Å². The van der Waals surface area contributed by atoms with Crippen LogP contribution in [0.15, 0.2) is 28.7 Å². The van der Waals surface area contributed by atoms with E-state index < -0.39 is 11.6 Å². The van der Waals surface area contributed by atoms with Gasteiger partial charge in [-0.25, -0.2) is 4.79 Å². The molecule has 1 saturated heterocycles. The summed E-state index contributed by atoms with van der Waals surface area (Å²) in [7, 11) is 1.71. The van der Waals surface area contributed by atoms with Gasteiger partial charge in [0.1, 0.15) is 23.4 Å². The third kappa shape index (κ3) is 4.05. The van der Waals surface area contributed by atoms with Gasteiger partial charge < -0.3 is 14.6 Å². The number of nitrogens with zero attached hydrogens (tertiary/aromatic N) is 2. The van der Waals surface area contributed by atoms with Crippen LogP contribution in [0.1, 0.15) is 63.2 Å². The Morgan fingerprint density at radius 2 is 1.94 bits per heavy atom. The first-order chi connectivity index (χ1) is 14.9. The zero-order chi connectivity index (χ0) is 22.0. The molecule has 166 valence electrons. The molecule has 0 bridgehead atoms. The number of aryl methyl sites for hydroxylation is 1. The Morgan fingerprint density at radius 1 is 1.19 bits per heavy atom. The number of hydrogen-bond donors (Lipinski definition) is 1. The number of hydrogen-bond acceptors (Lipinski definition) is 4. The standard InChI is InChI=1S/C24H31N3O4/c1-3-4-11-20-18(17-10-6-7-12-19(17)31-20)15-26(2)21(28)16-27-22(29)24(25-23(27)30)13-8-5-9-14-24/h6-7,10,12H,3-5,8-9,11,13-16H2,1-2H3,(H,25,30). The predicted molar refractivity (Wildman–Crippen MR) is 117 cm³/mol. The molecule has 0 atom stereocenters. The Hall–Kier alpha value is -2.83. The molecule has 1 spiro atoms. The number of furan rings is 1. The summed E-state index contributed by atoms with van der Waals surface area (Å²) in [4.78, 5) is 41.1. The van der Waals surface area contributed by atoms with Crippen LogP contribution in [0, 0.1) is 0 Å². The monoisotopic (exact) mass is 425 g/mol. The number of para-hydroxylation sites is 1. The predicted octanol–water partition coefficient (Wildman–Crippen LogP) is 3.99. The number of fused-ring (bicyclic) bond motifs is 1. The minimum atomic E-state index is -0.803. The summed E-state index contributed by atoms with van der Waals surface area (Å²) in [5.74, 6) is 0.387. The van der Waals surface area contributed by atoms with E-state index in [1.165, 1.54) is 0 Å². The van der Waals surface area contributed by atoms with Gasteiger partial charge in [0, 0.05) is 31.0 Å². The first-order valence-electron chi connectivity index (χ1n) is 11.3. The van der Waals surface area contributed by atoms with Crippen LogP contribution in [0.2, 0.25) is 0 Å². The van der Waals surface area contributed by atoms with E-state index in [1.807, 2.05) is 24.3 Å². The lowest BCUT2D eigenvalue weighted by molar-refractivity contribution is -0.139. The summed E-state index contributed by atoms with van der Waals surface area (Å²) in [5.41, 5.74) is 1.01. The van der Waals surface area contributed by atoms with Crippen molar-refractivity contribution in [2.75, 3.05) is 13.6 Å². The fourth-order valence-electron chi connectivity index (χ4n) is 4.76. The largest absolute Gasteiger partial charge is 0.461 e. The molecule has 2 aromatic rings. The van der Waals surface area contributed by atoms with Crippen molar-refractivity contribution in [1.29, 1.82) is 0 Å². The molecule has 2 aliphatic rings. The van der Waals surface area contributed by atoms with Crippen molar-refractivity contribution in [2.24, 2.45) is 0 Å². The van der Waals surface area contributed by atoms with Gasteiger partial charge in [-0.05, 0) is 25.3 Å². The average Bonchev–Trinajstić information content (AvgIpc) is 3.22. The second kappa shape index (κ2) is 8.73. The smallest absolute Gasteiger partial charge is 0.325 e. The van der Waals surface area contributed by atoms with Crippen molar-refractivity contribution >= 4 is 28.8 Å². The number of likely N-dealkylation sites (N-methyl/N-ethyl adjacent to an activating group) is 1. The fraction of sp³-hybridized carbons (Fsp3) is 0.542. The van der Waals surface area contributed by atoms with Gasteiger partial charge in [0.15, 0.2) is 0 Å². The molecular formula is C24H31N3O4. The third-order valence-corrected chi connectivity index (χ3v) is 6.61. The highest BCUT2D eigenvalue weighted by Gasteiger charge is 2.51. The SMILES string of the molecule is CCCCc1oc2ccccc2c1CN(C)C(=O)CN1C(=O)NC2(CCCCC2)C1=O. The quantitative estimate of drug-likeness (QED) is 0.680. The van der Waals surface area contributed by atoms with Crippen molar-refractivity contribution < 1.29 is 18.8 Å². The molecule has 4 amide bonds. The summed E-state index contributed by atoms with van der Waals surface area (Å²) in [5, 5.41) is 3.87. The summed E-state index contributed by atoms with van der Waals surface area (Å²) in [6.45, 7) is 2.28. The molecule has 31 heavy (non-hydrogen) atoms. The van der Waals surface area contributed by atoms with Crippen molar-refractivity contribution in [2.45, 2.75) is 70.4 Å².